The highest BCUT2D eigenvalue weighted by molar-refractivity contribution is 6.07. The summed E-state index contributed by atoms with van der Waals surface area (Å²) in [5.41, 5.74) is 0. The molecule has 0 aliphatic carbocycles. The molecule has 3 aliphatic rings. The van der Waals surface area contributed by atoms with Crippen LogP contribution in [0.1, 0.15) is 47.0 Å². The van der Waals surface area contributed by atoms with Crippen LogP contribution in [0, 0.1) is 23.7 Å². The zero-order valence-corrected chi connectivity index (χ0v) is 22.6. The van der Waals surface area contributed by atoms with Gasteiger partial charge in [-0.05, 0) is 37.0 Å². The van der Waals surface area contributed by atoms with Crippen molar-refractivity contribution in [3.63, 3.8) is 0 Å². The van der Waals surface area contributed by atoms with Gasteiger partial charge in [0.2, 0.25) is 5.91 Å². The van der Waals surface area contributed by atoms with Gasteiger partial charge in [-0.25, -0.2) is 9.59 Å². The van der Waals surface area contributed by atoms with Crippen LogP contribution in [-0.2, 0) is 19.1 Å². The van der Waals surface area contributed by atoms with Crippen LogP contribution in [0.4, 0.5) is 22.8 Å². The number of piperazine rings is 1. The molecule has 0 aromatic heterocycles. The van der Waals surface area contributed by atoms with E-state index in [1.165, 1.54) is 9.80 Å². The lowest BCUT2D eigenvalue weighted by molar-refractivity contribution is -0.315. The number of alkyl halides is 3. The Labute approximate surface area is 225 Å². The lowest BCUT2D eigenvalue weighted by Crippen LogP contribution is -2.71. The van der Waals surface area contributed by atoms with Gasteiger partial charge in [0.05, 0.1) is 17.9 Å². The molecule has 2 atom stereocenters. The lowest BCUT2D eigenvalue weighted by atomic mass is 9.77. The first-order chi connectivity index (χ1) is 18.1. The number of carboxylic acid groups (broad SMARTS) is 1. The van der Waals surface area contributed by atoms with Crippen LogP contribution in [0.25, 0.3) is 0 Å². The van der Waals surface area contributed by atoms with Crippen LogP contribution < -0.4 is 5.11 Å². The third-order valence-corrected chi connectivity index (χ3v) is 7.75. The van der Waals surface area contributed by atoms with Gasteiger partial charge in [-0.1, -0.05) is 27.7 Å². The SMILES string of the molecule is CC(C)C(OC(=O)N1CCN(C(=O)N2C(=O)[C@H](CC3CCN(C(=O)C(F)(F)F)CC3)[C@H]2C(=O)[O-])CC1)C(C)C. The molecule has 11 nitrogen and oxygen atoms in total. The second kappa shape index (κ2) is 12.0. The minimum Gasteiger partial charge on any atom is -0.548 e. The number of likely N-dealkylation sites (tertiary alicyclic amines) is 2. The van der Waals surface area contributed by atoms with E-state index in [1.54, 1.807) is 0 Å². The maximum Gasteiger partial charge on any atom is 0.471 e. The Morgan fingerprint density at radius 3 is 1.87 bits per heavy atom. The lowest BCUT2D eigenvalue weighted by Gasteiger charge is -2.49. The van der Waals surface area contributed by atoms with Gasteiger partial charge in [0.1, 0.15) is 6.10 Å². The van der Waals surface area contributed by atoms with Crippen molar-refractivity contribution in [2.45, 2.75) is 65.3 Å². The first kappa shape index (κ1) is 30.5. The molecule has 0 spiro atoms. The highest BCUT2D eigenvalue weighted by atomic mass is 19.4. The number of β-lactam (4-membered cyclic amide) rings is 1. The molecular weight excluding hydrogens is 525 g/mol. The Kier molecular flexibility index (Phi) is 9.37. The van der Waals surface area contributed by atoms with Crippen molar-refractivity contribution in [3.8, 4) is 0 Å². The Morgan fingerprint density at radius 1 is 0.897 bits per heavy atom. The van der Waals surface area contributed by atoms with Gasteiger partial charge in [-0.2, -0.15) is 13.2 Å². The van der Waals surface area contributed by atoms with E-state index < -0.39 is 48.0 Å². The van der Waals surface area contributed by atoms with E-state index in [-0.39, 0.29) is 82.4 Å². The molecule has 0 N–H and O–H groups in total. The third kappa shape index (κ3) is 6.75. The van der Waals surface area contributed by atoms with E-state index in [0.717, 1.165) is 0 Å². The Morgan fingerprint density at radius 2 is 1.41 bits per heavy atom. The number of urea groups is 1. The zero-order valence-electron chi connectivity index (χ0n) is 22.6. The van der Waals surface area contributed by atoms with Crippen molar-refractivity contribution in [2.24, 2.45) is 23.7 Å². The molecule has 14 heteroatoms. The summed E-state index contributed by atoms with van der Waals surface area (Å²) in [6.07, 6.45) is -5.28. The number of carbonyl (C=O) groups is 5. The molecule has 0 radical (unpaired) electrons. The molecule has 3 aliphatic heterocycles. The predicted octanol–water partition coefficient (Wildman–Crippen LogP) is 1.31. The molecule has 0 bridgehead atoms. The minimum atomic E-state index is -4.96. The maximum absolute atomic E-state index is 13.0. The number of halogens is 3. The number of piperidine rings is 1. The summed E-state index contributed by atoms with van der Waals surface area (Å²) in [5.74, 6) is -5.25. The number of rotatable bonds is 6. The monoisotopic (exact) mass is 561 g/mol. The normalized spacial score (nSPS) is 23.0. The summed E-state index contributed by atoms with van der Waals surface area (Å²) >= 11 is 0. The van der Waals surface area contributed by atoms with Crippen LogP contribution in [0.15, 0.2) is 0 Å². The molecule has 0 aromatic rings. The molecule has 39 heavy (non-hydrogen) atoms. The first-order valence-corrected chi connectivity index (χ1v) is 13.3. The fourth-order valence-electron chi connectivity index (χ4n) is 5.64. The number of carboxylic acids is 1. The number of carbonyl (C=O) groups excluding carboxylic acids is 5. The molecule has 3 fully saturated rings. The molecule has 0 unspecified atom stereocenters. The largest absolute Gasteiger partial charge is 0.548 e. The first-order valence-electron chi connectivity index (χ1n) is 13.3. The number of nitrogens with zero attached hydrogens (tertiary/aromatic N) is 4. The fourth-order valence-corrected chi connectivity index (χ4v) is 5.64. The number of hydrogen-bond acceptors (Lipinski definition) is 7. The number of amides is 5. The Balaban J connectivity index is 1.53. The topological polar surface area (TPSA) is 131 Å². The number of hydrogen-bond donors (Lipinski definition) is 0. The summed E-state index contributed by atoms with van der Waals surface area (Å²) in [6.45, 7) is 8.01. The second-order valence-corrected chi connectivity index (χ2v) is 11.1. The fraction of sp³-hybridized carbons (Fsp3) is 0.800. The van der Waals surface area contributed by atoms with Gasteiger partial charge in [0, 0.05) is 39.3 Å². The summed E-state index contributed by atoms with van der Waals surface area (Å²) in [6, 6.07) is -2.27. The summed E-state index contributed by atoms with van der Waals surface area (Å²) in [5, 5.41) is 11.9. The van der Waals surface area contributed by atoms with Crippen molar-refractivity contribution >= 4 is 29.9 Å². The van der Waals surface area contributed by atoms with E-state index in [1.807, 2.05) is 27.7 Å². The Hall–Kier alpha value is -3.06. The van der Waals surface area contributed by atoms with Crippen LogP contribution >= 0.6 is 0 Å². The van der Waals surface area contributed by atoms with Gasteiger partial charge in [-0.3, -0.25) is 14.5 Å². The van der Waals surface area contributed by atoms with Gasteiger partial charge in [0.25, 0.3) is 0 Å². The number of imide groups is 1. The average Bonchev–Trinajstić information content (AvgIpc) is 2.87. The molecule has 220 valence electrons. The Bertz CT molecular complexity index is 950. The summed E-state index contributed by atoms with van der Waals surface area (Å²) in [4.78, 5) is 65.9. The number of aliphatic carboxylic acids is 1. The molecule has 3 heterocycles. The van der Waals surface area contributed by atoms with E-state index >= 15 is 0 Å². The maximum atomic E-state index is 13.0. The highest BCUT2D eigenvalue weighted by Gasteiger charge is 2.53. The van der Waals surface area contributed by atoms with E-state index in [9.17, 15) is 42.3 Å². The summed E-state index contributed by atoms with van der Waals surface area (Å²) < 4.78 is 43.6. The van der Waals surface area contributed by atoms with Gasteiger partial charge < -0.3 is 29.3 Å². The highest BCUT2D eigenvalue weighted by Crippen LogP contribution is 2.36. The van der Waals surface area contributed by atoms with Crippen molar-refractivity contribution in [1.82, 2.24) is 19.6 Å². The molecule has 5 amide bonds. The van der Waals surface area contributed by atoms with Gasteiger partial charge in [-0.15, -0.1) is 0 Å². The van der Waals surface area contributed by atoms with Crippen LogP contribution in [0.3, 0.4) is 0 Å². The molecule has 3 rings (SSSR count). The van der Waals surface area contributed by atoms with E-state index in [0.29, 0.717) is 9.80 Å². The number of ether oxygens (including phenoxy) is 1. The predicted molar refractivity (Wildman–Crippen MR) is 128 cm³/mol. The average molecular weight is 562 g/mol. The van der Waals surface area contributed by atoms with Crippen LogP contribution in [0.2, 0.25) is 0 Å². The smallest absolute Gasteiger partial charge is 0.471 e. The van der Waals surface area contributed by atoms with Crippen LogP contribution in [-0.4, -0.2) is 107 Å². The molecular formula is C25H36F3N4O7-. The van der Waals surface area contributed by atoms with Crippen molar-refractivity contribution in [1.29, 1.82) is 0 Å². The van der Waals surface area contributed by atoms with Crippen molar-refractivity contribution < 1.29 is 47.0 Å². The van der Waals surface area contributed by atoms with Gasteiger partial charge >= 0.3 is 24.2 Å². The third-order valence-electron chi connectivity index (χ3n) is 7.75. The van der Waals surface area contributed by atoms with E-state index in [4.69, 9.17) is 4.74 Å². The van der Waals surface area contributed by atoms with Gasteiger partial charge in [0.15, 0.2) is 0 Å². The second-order valence-electron chi connectivity index (χ2n) is 11.1. The van der Waals surface area contributed by atoms with Crippen molar-refractivity contribution in [2.75, 3.05) is 39.3 Å². The molecule has 3 saturated heterocycles. The standard InChI is InChI=1S/C25H37F3N4O7/c1-14(2)19(15(3)4)39-24(38)31-11-9-30(10-12-31)23(37)32-18(21(34)35)17(20(32)33)13-16-5-7-29(8-6-16)22(36)25(26,27)28/h14-19H,5-13H2,1-4H3,(H,34,35)/p-1/t17-,18+/m1/s1. The van der Waals surface area contributed by atoms with Crippen LogP contribution in [0.5, 0.6) is 0 Å². The molecule has 0 aromatic carbocycles. The molecule has 0 saturated carbocycles. The van der Waals surface area contributed by atoms with Crippen molar-refractivity contribution in [3.05, 3.63) is 0 Å². The minimum absolute atomic E-state index is 0.0712. The quantitative estimate of drug-likeness (QED) is 0.447. The summed E-state index contributed by atoms with van der Waals surface area (Å²) in [7, 11) is 0. The van der Waals surface area contributed by atoms with E-state index in [2.05, 4.69) is 0 Å². The zero-order chi connectivity index (χ0) is 29.2.